The van der Waals surface area contributed by atoms with E-state index in [0.717, 1.165) is 40.0 Å². The Balaban J connectivity index is 1.43. The van der Waals surface area contributed by atoms with E-state index in [2.05, 4.69) is 44.9 Å². The van der Waals surface area contributed by atoms with Crippen molar-refractivity contribution < 1.29 is 9.90 Å². The molecule has 1 atom stereocenters. The van der Waals surface area contributed by atoms with Crippen LogP contribution in [0.5, 0.6) is 0 Å². The van der Waals surface area contributed by atoms with E-state index in [1.807, 2.05) is 44.2 Å². The Morgan fingerprint density at radius 3 is 2.55 bits per heavy atom. The minimum absolute atomic E-state index is 0.154. The Morgan fingerprint density at radius 2 is 1.88 bits per heavy atom. The number of carbonyl (C=O) groups is 1. The number of fused-ring (bicyclic) bond motifs is 1. The van der Waals surface area contributed by atoms with Gasteiger partial charge >= 0.3 is 6.09 Å². The molecule has 9 heteroatoms. The van der Waals surface area contributed by atoms with E-state index in [0.29, 0.717) is 18.1 Å². The van der Waals surface area contributed by atoms with Gasteiger partial charge in [-0.15, -0.1) is 10.2 Å². The van der Waals surface area contributed by atoms with Gasteiger partial charge in [0.15, 0.2) is 0 Å². The number of nitrogens with zero attached hydrogens (tertiary/aromatic N) is 6. The monoisotopic (exact) mass is 441 g/mol. The van der Waals surface area contributed by atoms with Crippen molar-refractivity contribution in [1.82, 2.24) is 30.6 Å². The minimum Gasteiger partial charge on any atom is -0.463 e. The van der Waals surface area contributed by atoms with Gasteiger partial charge in [-0.3, -0.25) is 0 Å². The Hall–Kier alpha value is -4.27. The maximum atomic E-state index is 11.9. The van der Waals surface area contributed by atoms with Gasteiger partial charge in [-0.05, 0) is 46.9 Å². The molecule has 5 rings (SSSR count). The number of hydrogen-bond acceptors (Lipinski definition) is 6. The number of rotatable bonds is 5. The molecule has 0 saturated carbocycles. The molecule has 0 fully saturated rings. The van der Waals surface area contributed by atoms with Crippen LogP contribution in [0.2, 0.25) is 0 Å². The van der Waals surface area contributed by atoms with E-state index in [-0.39, 0.29) is 6.04 Å². The number of amides is 1. The molecule has 166 valence electrons. The van der Waals surface area contributed by atoms with Gasteiger partial charge < -0.3 is 5.11 Å². The Labute approximate surface area is 190 Å². The molecule has 3 heterocycles. The minimum atomic E-state index is -1.02. The average molecular weight is 441 g/mol. The molecule has 2 aliphatic heterocycles. The van der Waals surface area contributed by atoms with Crippen LogP contribution in [0, 0.1) is 0 Å². The first kappa shape index (κ1) is 20.6. The molecule has 0 radical (unpaired) electrons. The number of hydrazine groups is 1. The summed E-state index contributed by atoms with van der Waals surface area (Å²) in [5, 5.41) is 27.2. The molecule has 0 aliphatic carbocycles. The first-order valence-corrected chi connectivity index (χ1v) is 10.8. The zero-order valence-corrected chi connectivity index (χ0v) is 18.3. The number of allylic oxidation sites excluding steroid dienone is 2. The second-order valence-electron chi connectivity index (χ2n) is 8.00. The fourth-order valence-corrected chi connectivity index (χ4v) is 4.34. The van der Waals surface area contributed by atoms with Crippen LogP contribution in [0.4, 0.5) is 4.79 Å². The van der Waals surface area contributed by atoms with E-state index in [4.69, 9.17) is 4.99 Å². The van der Waals surface area contributed by atoms with Crippen molar-refractivity contribution in [2.45, 2.75) is 32.7 Å². The Bertz CT molecular complexity index is 1280. The standard InChI is InChI=1S/C24H23N7O2/c1-3-20-21(31-22(25-20)12-15(2)14-30(31)24(32)33)13-16-8-10-17(11-9-16)18-6-4-5-7-19(18)23-26-28-29-27-23/h4-12,14,21H,3,13H2,1-2H3,(H,32,33)(H,26,27,28,29). The van der Waals surface area contributed by atoms with E-state index in [9.17, 15) is 9.90 Å². The van der Waals surface area contributed by atoms with Crippen molar-refractivity contribution >= 4 is 11.8 Å². The first-order chi connectivity index (χ1) is 16.0. The Morgan fingerprint density at radius 1 is 1.12 bits per heavy atom. The number of aliphatic imine (C=N–C) groups is 1. The maximum absolute atomic E-state index is 11.9. The zero-order valence-electron chi connectivity index (χ0n) is 18.3. The summed E-state index contributed by atoms with van der Waals surface area (Å²) in [4.78, 5) is 16.6. The predicted octanol–water partition coefficient (Wildman–Crippen LogP) is 4.27. The third-order valence-corrected chi connectivity index (χ3v) is 5.85. The van der Waals surface area contributed by atoms with Crippen LogP contribution in [-0.4, -0.2) is 53.6 Å². The van der Waals surface area contributed by atoms with Crippen molar-refractivity contribution in [3.63, 3.8) is 0 Å². The molecular weight excluding hydrogens is 418 g/mol. The van der Waals surface area contributed by atoms with Crippen LogP contribution in [0.3, 0.4) is 0 Å². The number of aromatic nitrogens is 4. The smallest absolute Gasteiger partial charge is 0.430 e. The second kappa shape index (κ2) is 8.34. The zero-order chi connectivity index (χ0) is 22.9. The van der Waals surface area contributed by atoms with Gasteiger partial charge in [0.1, 0.15) is 5.82 Å². The van der Waals surface area contributed by atoms with Crippen molar-refractivity contribution in [2.75, 3.05) is 0 Å². The fourth-order valence-electron chi connectivity index (χ4n) is 4.34. The normalized spacial score (nSPS) is 17.4. The van der Waals surface area contributed by atoms with Crippen LogP contribution in [0.25, 0.3) is 22.5 Å². The highest BCUT2D eigenvalue weighted by Crippen LogP contribution is 2.33. The molecule has 33 heavy (non-hydrogen) atoms. The summed E-state index contributed by atoms with van der Waals surface area (Å²) in [7, 11) is 0. The highest BCUT2D eigenvalue weighted by atomic mass is 16.4. The number of hydrogen-bond donors (Lipinski definition) is 2. The van der Waals surface area contributed by atoms with Crippen LogP contribution in [0.1, 0.15) is 25.8 Å². The number of nitrogens with one attached hydrogen (secondary N) is 1. The largest absolute Gasteiger partial charge is 0.463 e. The van der Waals surface area contributed by atoms with Gasteiger partial charge in [-0.1, -0.05) is 55.5 Å². The third kappa shape index (κ3) is 3.78. The molecule has 1 aromatic heterocycles. The summed E-state index contributed by atoms with van der Waals surface area (Å²) in [5.74, 6) is 1.22. The van der Waals surface area contributed by atoms with E-state index in [1.165, 1.54) is 5.01 Å². The summed E-state index contributed by atoms with van der Waals surface area (Å²) in [6, 6.07) is 16.1. The number of benzene rings is 2. The van der Waals surface area contributed by atoms with Gasteiger partial charge in [-0.25, -0.2) is 14.8 Å². The molecular formula is C24H23N7O2. The predicted molar refractivity (Wildman–Crippen MR) is 124 cm³/mol. The number of H-pyrrole nitrogens is 1. The molecule has 2 aromatic carbocycles. The lowest BCUT2D eigenvalue weighted by molar-refractivity contribution is 0.0440. The van der Waals surface area contributed by atoms with Crippen molar-refractivity contribution in [1.29, 1.82) is 0 Å². The number of aromatic amines is 1. The molecule has 0 saturated heterocycles. The van der Waals surface area contributed by atoms with Gasteiger partial charge in [0.05, 0.1) is 6.04 Å². The van der Waals surface area contributed by atoms with Crippen LogP contribution in [0.15, 0.2) is 77.2 Å². The number of tetrazole rings is 1. The van der Waals surface area contributed by atoms with Crippen molar-refractivity contribution in [3.8, 4) is 22.5 Å². The van der Waals surface area contributed by atoms with Crippen LogP contribution >= 0.6 is 0 Å². The van der Waals surface area contributed by atoms with Gasteiger partial charge in [0.2, 0.25) is 5.82 Å². The van der Waals surface area contributed by atoms with Crippen LogP contribution in [-0.2, 0) is 6.42 Å². The van der Waals surface area contributed by atoms with Gasteiger partial charge in [0.25, 0.3) is 0 Å². The lowest BCUT2D eigenvalue weighted by Gasteiger charge is -2.36. The lowest BCUT2D eigenvalue weighted by atomic mass is 9.95. The molecule has 3 aromatic rings. The van der Waals surface area contributed by atoms with Gasteiger partial charge in [-0.2, -0.15) is 10.2 Å². The van der Waals surface area contributed by atoms with E-state index >= 15 is 0 Å². The average Bonchev–Trinajstić information content (AvgIpc) is 3.47. The quantitative estimate of drug-likeness (QED) is 0.612. The molecule has 2 N–H and O–H groups in total. The third-order valence-electron chi connectivity index (χ3n) is 5.85. The fraction of sp³-hybridized carbons (Fsp3) is 0.208. The maximum Gasteiger partial charge on any atom is 0.430 e. The lowest BCUT2D eigenvalue weighted by Crippen LogP contribution is -2.49. The highest BCUT2D eigenvalue weighted by molar-refractivity contribution is 5.93. The van der Waals surface area contributed by atoms with Crippen molar-refractivity contribution in [3.05, 3.63) is 77.8 Å². The summed E-state index contributed by atoms with van der Waals surface area (Å²) >= 11 is 0. The highest BCUT2D eigenvalue weighted by Gasteiger charge is 2.38. The molecule has 2 aliphatic rings. The molecule has 9 nitrogen and oxygen atoms in total. The summed E-state index contributed by atoms with van der Waals surface area (Å²) in [5.41, 5.74) is 5.88. The second-order valence-corrected chi connectivity index (χ2v) is 8.00. The van der Waals surface area contributed by atoms with Gasteiger partial charge in [0, 0.05) is 23.9 Å². The van der Waals surface area contributed by atoms with E-state index < -0.39 is 6.09 Å². The summed E-state index contributed by atoms with van der Waals surface area (Å²) < 4.78 is 0. The Kier molecular flexibility index (Phi) is 5.21. The molecule has 0 spiro atoms. The first-order valence-electron chi connectivity index (χ1n) is 10.8. The summed E-state index contributed by atoms with van der Waals surface area (Å²) in [6.07, 6.45) is 3.93. The van der Waals surface area contributed by atoms with Crippen molar-refractivity contribution in [2.24, 2.45) is 4.99 Å². The molecule has 0 bridgehead atoms. The summed E-state index contributed by atoms with van der Waals surface area (Å²) in [6.45, 7) is 3.92. The topological polar surface area (TPSA) is 111 Å². The SMILES string of the molecule is CCC1=NC2=CC(C)=CN(C(=O)O)N2C1Cc1ccc(-c2ccccc2-c2nn[nH]n2)cc1. The van der Waals surface area contributed by atoms with E-state index in [1.54, 1.807) is 11.2 Å². The molecule has 1 amide bonds. The number of carboxylic acid groups (broad SMARTS) is 1. The molecule has 1 unspecified atom stereocenters. The van der Waals surface area contributed by atoms with Crippen LogP contribution < -0.4 is 0 Å².